The summed E-state index contributed by atoms with van der Waals surface area (Å²) < 4.78 is 0. The van der Waals surface area contributed by atoms with Crippen LogP contribution < -0.4 is 5.73 Å². The van der Waals surface area contributed by atoms with E-state index in [-0.39, 0.29) is 0 Å². The molecule has 0 aliphatic heterocycles. The first-order valence-electron chi connectivity index (χ1n) is 6.68. The topological polar surface area (TPSA) is 29.3 Å². The van der Waals surface area contributed by atoms with Crippen LogP contribution in [0.2, 0.25) is 0 Å². The fourth-order valence-electron chi connectivity index (χ4n) is 2.06. The lowest BCUT2D eigenvalue weighted by Crippen LogP contribution is -2.28. The standard InChI is InChI=1S/C13H28N2/c1-3-8-15(11-13-6-7-13)9-4-5-12(2)10-14/h12-13H,3-11,14H2,1-2H3. The lowest BCUT2D eigenvalue weighted by atomic mass is 10.1. The monoisotopic (exact) mass is 212 g/mol. The Balaban J connectivity index is 2.07. The van der Waals surface area contributed by atoms with Gasteiger partial charge in [-0.2, -0.15) is 0 Å². The van der Waals surface area contributed by atoms with Crippen molar-refractivity contribution in [1.29, 1.82) is 0 Å². The van der Waals surface area contributed by atoms with Gasteiger partial charge in [0.2, 0.25) is 0 Å². The average molecular weight is 212 g/mol. The van der Waals surface area contributed by atoms with E-state index in [4.69, 9.17) is 5.73 Å². The minimum Gasteiger partial charge on any atom is -0.330 e. The number of rotatable bonds is 9. The Kier molecular flexibility index (Phi) is 6.26. The number of nitrogens with zero attached hydrogens (tertiary/aromatic N) is 1. The summed E-state index contributed by atoms with van der Waals surface area (Å²) >= 11 is 0. The second-order valence-corrected chi connectivity index (χ2v) is 5.23. The van der Waals surface area contributed by atoms with Crippen LogP contribution in [0.4, 0.5) is 0 Å². The van der Waals surface area contributed by atoms with Crippen molar-refractivity contribution in [3.8, 4) is 0 Å². The van der Waals surface area contributed by atoms with Crippen LogP contribution in [0.1, 0.15) is 46.0 Å². The molecule has 0 aromatic rings. The predicted molar refractivity (Wildman–Crippen MR) is 66.9 cm³/mol. The van der Waals surface area contributed by atoms with Crippen molar-refractivity contribution in [2.24, 2.45) is 17.6 Å². The first kappa shape index (κ1) is 13.0. The van der Waals surface area contributed by atoms with Gasteiger partial charge in [-0.05, 0) is 63.6 Å². The Labute approximate surface area is 95.2 Å². The van der Waals surface area contributed by atoms with Crippen LogP contribution in [0.3, 0.4) is 0 Å². The summed E-state index contributed by atoms with van der Waals surface area (Å²) in [4.78, 5) is 2.65. The second-order valence-electron chi connectivity index (χ2n) is 5.23. The van der Waals surface area contributed by atoms with Crippen LogP contribution >= 0.6 is 0 Å². The molecule has 1 rings (SSSR count). The van der Waals surface area contributed by atoms with Gasteiger partial charge in [-0.3, -0.25) is 0 Å². The predicted octanol–water partition coefficient (Wildman–Crippen LogP) is 2.48. The fourth-order valence-corrected chi connectivity index (χ4v) is 2.06. The molecular weight excluding hydrogens is 184 g/mol. The van der Waals surface area contributed by atoms with Gasteiger partial charge in [-0.25, -0.2) is 0 Å². The molecule has 0 heterocycles. The van der Waals surface area contributed by atoms with E-state index in [0.29, 0.717) is 5.92 Å². The Morgan fingerprint density at radius 1 is 1.33 bits per heavy atom. The second kappa shape index (κ2) is 7.24. The van der Waals surface area contributed by atoms with Gasteiger partial charge in [-0.15, -0.1) is 0 Å². The highest BCUT2D eigenvalue weighted by Crippen LogP contribution is 2.29. The smallest absolute Gasteiger partial charge is 0.000966 e. The van der Waals surface area contributed by atoms with Gasteiger partial charge in [-0.1, -0.05) is 13.8 Å². The molecule has 1 fully saturated rings. The lowest BCUT2D eigenvalue weighted by molar-refractivity contribution is 0.252. The summed E-state index contributed by atoms with van der Waals surface area (Å²) in [6.45, 7) is 9.30. The van der Waals surface area contributed by atoms with E-state index in [0.717, 1.165) is 12.5 Å². The van der Waals surface area contributed by atoms with Crippen LogP contribution in [0.5, 0.6) is 0 Å². The molecule has 15 heavy (non-hydrogen) atoms. The molecule has 1 aliphatic carbocycles. The van der Waals surface area contributed by atoms with E-state index in [1.165, 1.54) is 51.7 Å². The van der Waals surface area contributed by atoms with E-state index >= 15 is 0 Å². The SMILES string of the molecule is CCCN(CCCC(C)CN)CC1CC1. The van der Waals surface area contributed by atoms with Gasteiger partial charge in [0.1, 0.15) is 0 Å². The highest BCUT2D eigenvalue weighted by Gasteiger charge is 2.23. The molecule has 2 heteroatoms. The zero-order valence-corrected chi connectivity index (χ0v) is 10.5. The molecule has 0 saturated heterocycles. The van der Waals surface area contributed by atoms with Gasteiger partial charge in [0.05, 0.1) is 0 Å². The molecule has 1 saturated carbocycles. The van der Waals surface area contributed by atoms with Crippen LogP contribution in [-0.2, 0) is 0 Å². The fraction of sp³-hybridized carbons (Fsp3) is 1.00. The van der Waals surface area contributed by atoms with Gasteiger partial charge < -0.3 is 10.6 Å². The van der Waals surface area contributed by atoms with Gasteiger partial charge >= 0.3 is 0 Å². The van der Waals surface area contributed by atoms with Gasteiger partial charge in [0.25, 0.3) is 0 Å². The van der Waals surface area contributed by atoms with Crippen molar-refractivity contribution in [3.05, 3.63) is 0 Å². The van der Waals surface area contributed by atoms with Crippen molar-refractivity contribution < 1.29 is 0 Å². The van der Waals surface area contributed by atoms with Crippen LogP contribution in [-0.4, -0.2) is 31.1 Å². The van der Waals surface area contributed by atoms with Gasteiger partial charge in [0.15, 0.2) is 0 Å². The van der Waals surface area contributed by atoms with Crippen LogP contribution in [0.15, 0.2) is 0 Å². The van der Waals surface area contributed by atoms with E-state index < -0.39 is 0 Å². The number of hydrogen-bond acceptors (Lipinski definition) is 2. The Bertz CT molecular complexity index is 155. The summed E-state index contributed by atoms with van der Waals surface area (Å²) in [6.07, 6.45) is 6.85. The van der Waals surface area contributed by atoms with E-state index in [2.05, 4.69) is 18.7 Å². The van der Waals surface area contributed by atoms with Crippen molar-refractivity contribution in [2.75, 3.05) is 26.2 Å². The van der Waals surface area contributed by atoms with E-state index in [9.17, 15) is 0 Å². The third kappa shape index (κ3) is 6.16. The molecular formula is C13H28N2. The molecule has 0 aromatic heterocycles. The highest BCUT2D eigenvalue weighted by atomic mass is 15.1. The molecule has 2 nitrogen and oxygen atoms in total. The first-order valence-corrected chi connectivity index (χ1v) is 6.68. The number of nitrogens with two attached hydrogens (primary N) is 1. The Morgan fingerprint density at radius 3 is 2.60 bits per heavy atom. The third-order valence-electron chi connectivity index (χ3n) is 3.33. The van der Waals surface area contributed by atoms with Gasteiger partial charge in [0, 0.05) is 6.54 Å². The lowest BCUT2D eigenvalue weighted by Gasteiger charge is -2.22. The van der Waals surface area contributed by atoms with Crippen molar-refractivity contribution in [2.45, 2.75) is 46.0 Å². The molecule has 0 spiro atoms. The molecule has 0 amide bonds. The Hall–Kier alpha value is -0.0800. The van der Waals surface area contributed by atoms with Crippen molar-refractivity contribution >= 4 is 0 Å². The molecule has 0 radical (unpaired) electrons. The summed E-state index contributed by atoms with van der Waals surface area (Å²) in [5, 5.41) is 0. The largest absolute Gasteiger partial charge is 0.330 e. The molecule has 1 unspecified atom stereocenters. The first-order chi connectivity index (χ1) is 7.26. The van der Waals surface area contributed by atoms with Crippen LogP contribution in [0.25, 0.3) is 0 Å². The summed E-state index contributed by atoms with van der Waals surface area (Å²) in [5.74, 6) is 1.73. The molecule has 2 N–H and O–H groups in total. The zero-order chi connectivity index (χ0) is 11.1. The molecule has 90 valence electrons. The Morgan fingerprint density at radius 2 is 2.07 bits per heavy atom. The maximum atomic E-state index is 5.62. The minimum atomic E-state index is 0.703. The van der Waals surface area contributed by atoms with Crippen molar-refractivity contribution in [1.82, 2.24) is 4.90 Å². The highest BCUT2D eigenvalue weighted by molar-refractivity contribution is 4.77. The molecule has 1 aliphatic rings. The van der Waals surface area contributed by atoms with Crippen molar-refractivity contribution in [3.63, 3.8) is 0 Å². The molecule has 0 aromatic carbocycles. The van der Waals surface area contributed by atoms with E-state index in [1.54, 1.807) is 0 Å². The normalized spacial score (nSPS) is 18.4. The summed E-state index contributed by atoms with van der Waals surface area (Å²) in [7, 11) is 0. The molecule has 0 bridgehead atoms. The quantitative estimate of drug-likeness (QED) is 0.636. The van der Waals surface area contributed by atoms with Crippen LogP contribution in [0, 0.1) is 11.8 Å². The van der Waals surface area contributed by atoms with E-state index in [1.807, 2.05) is 0 Å². The maximum Gasteiger partial charge on any atom is 0.000966 e. The minimum absolute atomic E-state index is 0.703. The summed E-state index contributed by atoms with van der Waals surface area (Å²) in [5.41, 5.74) is 5.62. The third-order valence-corrected chi connectivity index (χ3v) is 3.33. The summed E-state index contributed by atoms with van der Waals surface area (Å²) in [6, 6.07) is 0. The maximum absolute atomic E-state index is 5.62. The zero-order valence-electron chi connectivity index (χ0n) is 10.5. The molecule has 1 atom stereocenters. The average Bonchev–Trinajstić information content (AvgIpc) is 3.01. The number of hydrogen-bond donors (Lipinski definition) is 1.